The minimum atomic E-state index is -1.31. The van der Waals surface area contributed by atoms with Gasteiger partial charge < -0.3 is 10.1 Å². The highest BCUT2D eigenvalue weighted by atomic mass is 79.9. The molecular formula is C23H16BrN3O2. The maximum Gasteiger partial charge on any atom is 0.306 e. The quantitative estimate of drug-likeness (QED) is 0.585. The van der Waals surface area contributed by atoms with Gasteiger partial charge in [0.25, 0.3) is 5.91 Å². The zero-order valence-electron chi connectivity index (χ0n) is 15.3. The minimum Gasteiger partial charge on any atom is -0.453 e. The van der Waals surface area contributed by atoms with Gasteiger partial charge in [-0.05, 0) is 29.8 Å². The van der Waals surface area contributed by atoms with Gasteiger partial charge in [0.15, 0.2) is 0 Å². The maximum absolute atomic E-state index is 13.3. The predicted molar refractivity (Wildman–Crippen MR) is 114 cm³/mol. The van der Waals surface area contributed by atoms with Crippen LogP contribution in [0.1, 0.15) is 29.2 Å². The molecule has 1 spiro atoms. The SMILES string of the molecule is O=C1Nc2ccccc2[C@]12Oc1ccc(Br)cc1[C@@H]1CC(c3ccccc3)=NN12. The maximum atomic E-state index is 13.3. The van der Waals surface area contributed by atoms with Gasteiger partial charge in [-0.3, -0.25) is 4.79 Å². The second-order valence-electron chi connectivity index (χ2n) is 7.41. The average molecular weight is 446 g/mol. The summed E-state index contributed by atoms with van der Waals surface area (Å²) in [5.74, 6) is 0.501. The van der Waals surface area contributed by atoms with Crippen molar-refractivity contribution in [3.8, 4) is 5.75 Å². The molecule has 5 nitrogen and oxygen atoms in total. The summed E-state index contributed by atoms with van der Waals surface area (Å²) in [5.41, 5.74) is 3.28. The summed E-state index contributed by atoms with van der Waals surface area (Å²) in [4.78, 5) is 13.3. The van der Waals surface area contributed by atoms with Crippen LogP contribution in [0.25, 0.3) is 0 Å². The molecule has 3 heterocycles. The lowest BCUT2D eigenvalue weighted by molar-refractivity contribution is -0.161. The van der Waals surface area contributed by atoms with Gasteiger partial charge in [-0.2, -0.15) is 5.10 Å². The summed E-state index contributed by atoms with van der Waals surface area (Å²) in [7, 11) is 0. The van der Waals surface area contributed by atoms with Gasteiger partial charge in [-0.25, -0.2) is 5.01 Å². The number of amides is 1. The van der Waals surface area contributed by atoms with Crippen LogP contribution in [0.15, 0.2) is 82.4 Å². The van der Waals surface area contributed by atoms with Gasteiger partial charge in [0, 0.05) is 16.5 Å². The van der Waals surface area contributed by atoms with Crippen molar-refractivity contribution < 1.29 is 9.53 Å². The van der Waals surface area contributed by atoms with Crippen LogP contribution in [0, 0.1) is 0 Å². The molecule has 0 saturated heterocycles. The van der Waals surface area contributed by atoms with E-state index < -0.39 is 5.72 Å². The molecule has 0 unspecified atom stereocenters. The molecule has 142 valence electrons. The van der Waals surface area contributed by atoms with Crippen LogP contribution < -0.4 is 10.1 Å². The first kappa shape index (κ1) is 16.8. The van der Waals surface area contributed by atoms with Gasteiger partial charge in [-0.1, -0.05) is 64.5 Å². The lowest BCUT2D eigenvalue weighted by Gasteiger charge is -2.44. The molecule has 0 aliphatic carbocycles. The van der Waals surface area contributed by atoms with Crippen molar-refractivity contribution in [2.24, 2.45) is 5.10 Å². The Kier molecular flexibility index (Phi) is 3.44. The van der Waals surface area contributed by atoms with Crippen LogP contribution in [0.4, 0.5) is 5.69 Å². The number of hydrazone groups is 1. The van der Waals surface area contributed by atoms with Gasteiger partial charge in [0.05, 0.1) is 23.0 Å². The second kappa shape index (κ2) is 5.94. The average Bonchev–Trinajstić information content (AvgIpc) is 3.31. The molecule has 3 aromatic carbocycles. The number of rotatable bonds is 1. The van der Waals surface area contributed by atoms with E-state index in [0.717, 1.165) is 32.6 Å². The van der Waals surface area contributed by atoms with Crippen molar-refractivity contribution in [2.45, 2.75) is 18.2 Å². The van der Waals surface area contributed by atoms with Crippen LogP contribution in [0.2, 0.25) is 0 Å². The summed E-state index contributed by atoms with van der Waals surface area (Å²) in [6.45, 7) is 0. The highest BCUT2D eigenvalue weighted by Crippen LogP contribution is 2.54. The Balaban J connectivity index is 1.59. The van der Waals surface area contributed by atoms with Crippen LogP contribution in [0.5, 0.6) is 5.75 Å². The van der Waals surface area contributed by atoms with E-state index in [1.165, 1.54) is 0 Å². The minimum absolute atomic E-state index is 0.0941. The lowest BCUT2D eigenvalue weighted by atomic mass is 9.92. The number of hydrogen-bond donors (Lipinski definition) is 1. The van der Waals surface area contributed by atoms with E-state index in [-0.39, 0.29) is 11.9 Å². The van der Waals surface area contributed by atoms with Crippen LogP contribution in [-0.4, -0.2) is 16.6 Å². The predicted octanol–water partition coefficient (Wildman–Crippen LogP) is 4.80. The Morgan fingerprint density at radius 3 is 2.72 bits per heavy atom. The molecule has 0 fully saturated rings. The summed E-state index contributed by atoms with van der Waals surface area (Å²) in [6, 6.07) is 23.6. The molecule has 0 radical (unpaired) electrons. The molecule has 29 heavy (non-hydrogen) atoms. The van der Waals surface area contributed by atoms with E-state index in [0.29, 0.717) is 12.2 Å². The van der Waals surface area contributed by atoms with Gasteiger partial charge >= 0.3 is 5.72 Å². The first-order chi connectivity index (χ1) is 14.2. The summed E-state index contributed by atoms with van der Waals surface area (Å²) in [6.07, 6.45) is 0.702. The number of ether oxygens (including phenoxy) is 1. The van der Waals surface area contributed by atoms with Gasteiger partial charge in [0.2, 0.25) is 0 Å². The standard InChI is InChI=1S/C23H16BrN3O2/c24-15-10-11-21-16(12-15)20-13-19(14-6-2-1-3-7-14)26-27(20)23(29-21)17-8-4-5-9-18(17)25-22(23)28/h1-12,20H,13H2,(H,25,28)/t20-,23-/m0/s1. The summed E-state index contributed by atoms with van der Waals surface area (Å²) >= 11 is 3.57. The molecular weight excluding hydrogens is 430 g/mol. The molecule has 1 amide bonds. The van der Waals surface area contributed by atoms with E-state index in [1.807, 2.05) is 59.6 Å². The summed E-state index contributed by atoms with van der Waals surface area (Å²) < 4.78 is 7.43. The number of anilines is 1. The Bertz CT molecular complexity index is 1190. The first-order valence-electron chi connectivity index (χ1n) is 9.48. The van der Waals surface area contributed by atoms with E-state index in [2.05, 4.69) is 39.4 Å². The number of hydrogen-bond acceptors (Lipinski definition) is 4. The largest absolute Gasteiger partial charge is 0.453 e. The third-order valence-electron chi connectivity index (χ3n) is 5.78. The molecule has 0 aromatic heterocycles. The monoisotopic (exact) mass is 445 g/mol. The molecule has 3 aromatic rings. The van der Waals surface area contributed by atoms with Crippen molar-refractivity contribution in [3.05, 3.63) is 94.0 Å². The molecule has 0 bridgehead atoms. The Hall–Kier alpha value is -3.12. The van der Waals surface area contributed by atoms with Gasteiger partial charge in [0.1, 0.15) is 5.75 Å². The first-order valence-corrected chi connectivity index (χ1v) is 10.3. The summed E-state index contributed by atoms with van der Waals surface area (Å²) in [5, 5.41) is 9.78. The van der Waals surface area contributed by atoms with Crippen LogP contribution in [-0.2, 0) is 10.5 Å². The van der Waals surface area contributed by atoms with Crippen molar-refractivity contribution in [1.29, 1.82) is 0 Å². The molecule has 6 heteroatoms. The fourth-order valence-electron chi connectivity index (χ4n) is 4.47. The molecule has 3 aliphatic rings. The number of carbonyl (C=O) groups is 1. The van der Waals surface area contributed by atoms with Crippen molar-refractivity contribution in [3.63, 3.8) is 0 Å². The topological polar surface area (TPSA) is 53.9 Å². The molecule has 1 N–H and O–H groups in total. The van der Waals surface area contributed by atoms with E-state index in [1.54, 1.807) is 0 Å². The normalized spacial score (nSPS) is 23.8. The lowest BCUT2D eigenvalue weighted by Crippen LogP contribution is -2.55. The zero-order valence-corrected chi connectivity index (χ0v) is 16.9. The highest BCUT2D eigenvalue weighted by molar-refractivity contribution is 9.10. The Morgan fingerprint density at radius 2 is 1.86 bits per heavy atom. The van der Waals surface area contributed by atoms with E-state index in [9.17, 15) is 4.79 Å². The zero-order chi connectivity index (χ0) is 19.6. The Labute approximate surface area is 176 Å². The van der Waals surface area contributed by atoms with Crippen molar-refractivity contribution >= 4 is 33.2 Å². The number of benzene rings is 3. The number of nitrogens with zero attached hydrogens (tertiary/aromatic N) is 2. The molecule has 0 saturated carbocycles. The van der Waals surface area contributed by atoms with Crippen molar-refractivity contribution in [1.82, 2.24) is 5.01 Å². The number of carbonyl (C=O) groups excluding carboxylic acids is 1. The van der Waals surface area contributed by atoms with Crippen LogP contribution in [0.3, 0.4) is 0 Å². The molecule has 2 atom stereocenters. The van der Waals surface area contributed by atoms with Crippen LogP contribution >= 0.6 is 15.9 Å². The number of nitrogens with one attached hydrogen (secondary N) is 1. The number of halogens is 1. The number of fused-ring (bicyclic) bond motifs is 6. The molecule has 6 rings (SSSR count). The second-order valence-corrected chi connectivity index (χ2v) is 8.32. The highest BCUT2D eigenvalue weighted by Gasteiger charge is 2.60. The van der Waals surface area contributed by atoms with Gasteiger partial charge in [-0.15, -0.1) is 0 Å². The fraction of sp³-hybridized carbons (Fsp3) is 0.130. The Morgan fingerprint density at radius 1 is 1.07 bits per heavy atom. The van der Waals surface area contributed by atoms with Crippen molar-refractivity contribution in [2.75, 3.05) is 5.32 Å². The third kappa shape index (κ3) is 2.26. The molecule has 3 aliphatic heterocycles. The number of para-hydroxylation sites is 1. The smallest absolute Gasteiger partial charge is 0.306 e. The third-order valence-corrected chi connectivity index (χ3v) is 6.27. The van der Waals surface area contributed by atoms with E-state index in [4.69, 9.17) is 9.84 Å². The van der Waals surface area contributed by atoms with E-state index >= 15 is 0 Å². The fourth-order valence-corrected chi connectivity index (χ4v) is 4.85.